The number of benzene rings is 1. The third-order valence-corrected chi connectivity index (χ3v) is 1.69. The van der Waals surface area contributed by atoms with Crippen LogP contribution >= 0.6 is 0 Å². The summed E-state index contributed by atoms with van der Waals surface area (Å²) in [5, 5.41) is 18.3. The second-order valence-electron chi connectivity index (χ2n) is 3.37. The van der Waals surface area contributed by atoms with Crippen LogP contribution in [0.5, 0.6) is 5.75 Å². The summed E-state index contributed by atoms with van der Waals surface area (Å²) in [4.78, 5) is 0. The summed E-state index contributed by atoms with van der Waals surface area (Å²) < 4.78 is 10.3. The maximum absolute atomic E-state index is 9.77. The van der Waals surface area contributed by atoms with E-state index < -0.39 is 5.79 Å². The van der Waals surface area contributed by atoms with Gasteiger partial charge in [-0.25, -0.2) is 0 Å². The Morgan fingerprint density at radius 3 is 2.53 bits per heavy atom. The molecule has 0 aliphatic carbocycles. The Hall–Kier alpha value is -1.10. The first-order chi connectivity index (χ1) is 7.14. The molecular formula is C11H16O4. The molecule has 15 heavy (non-hydrogen) atoms. The number of aliphatic hydroxyl groups excluding tert-OH is 1. The summed E-state index contributed by atoms with van der Waals surface area (Å²) in [7, 11) is 0. The van der Waals surface area contributed by atoms with Crippen LogP contribution in [0.1, 0.15) is 6.92 Å². The van der Waals surface area contributed by atoms with Crippen molar-refractivity contribution in [2.24, 2.45) is 0 Å². The Labute approximate surface area is 89.1 Å². The zero-order valence-corrected chi connectivity index (χ0v) is 8.72. The van der Waals surface area contributed by atoms with Crippen molar-refractivity contribution < 1.29 is 19.7 Å². The van der Waals surface area contributed by atoms with Gasteiger partial charge in [-0.3, -0.25) is 0 Å². The highest BCUT2D eigenvalue weighted by molar-refractivity contribution is 5.21. The van der Waals surface area contributed by atoms with E-state index in [4.69, 9.17) is 14.6 Å². The van der Waals surface area contributed by atoms with E-state index in [-0.39, 0.29) is 19.8 Å². The Kier molecular flexibility index (Phi) is 4.55. The number of rotatable bonds is 6. The first kappa shape index (κ1) is 12.0. The average molecular weight is 212 g/mol. The van der Waals surface area contributed by atoms with E-state index in [1.54, 1.807) is 12.1 Å². The molecule has 1 aromatic carbocycles. The van der Waals surface area contributed by atoms with E-state index in [2.05, 4.69) is 0 Å². The van der Waals surface area contributed by atoms with Crippen molar-refractivity contribution in [2.45, 2.75) is 12.7 Å². The van der Waals surface area contributed by atoms with E-state index in [0.717, 1.165) is 0 Å². The molecule has 0 saturated heterocycles. The molecule has 1 aromatic rings. The maximum atomic E-state index is 9.77. The van der Waals surface area contributed by atoms with Crippen molar-refractivity contribution in [1.82, 2.24) is 0 Å². The molecule has 0 heterocycles. The van der Waals surface area contributed by atoms with Crippen LogP contribution in [0.25, 0.3) is 0 Å². The highest BCUT2D eigenvalue weighted by Gasteiger charge is 2.22. The fourth-order valence-electron chi connectivity index (χ4n) is 1.10. The molecule has 0 spiro atoms. The van der Waals surface area contributed by atoms with Crippen LogP contribution < -0.4 is 4.74 Å². The molecule has 0 aliphatic heterocycles. The van der Waals surface area contributed by atoms with Gasteiger partial charge in [-0.05, 0) is 12.1 Å². The molecule has 1 unspecified atom stereocenters. The van der Waals surface area contributed by atoms with Gasteiger partial charge in [-0.2, -0.15) is 0 Å². The van der Waals surface area contributed by atoms with Gasteiger partial charge in [0.25, 0.3) is 0 Å². The molecule has 1 atom stereocenters. The molecule has 4 heteroatoms. The van der Waals surface area contributed by atoms with Gasteiger partial charge < -0.3 is 19.7 Å². The molecule has 0 amide bonds. The van der Waals surface area contributed by atoms with Crippen molar-refractivity contribution in [1.29, 1.82) is 0 Å². The second kappa shape index (κ2) is 5.70. The van der Waals surface area contributed by atoms with Crippen molar-refractivity contribution in [3.8, 4) is 5.75 Å². The molecular weight excluding hydrogens is 196 g/mol. The fourth-order valence-corrected chi connectivity index (χ4v) is 1.10. The summed E-state index contributed by atoms with van der Waals surface area (Å²) in [6, 6.07) is 9.00. The minimum absolute atomic E-state index is 0.0163. The average Bonchev–Trinajstić information content (AvgIpc) is 2.18. The van der Waals surface area contributed by atoms with Gasteiger partial charge in [0.2, 0.25) is 5.79 Å². The topological polar surface area (TPSA) is 58.9 Å². The first-order valence-electron chi connectivity index (χ1n) is 4.79. The van der Waals surface area contributed by atoms with E-state index in [1.807, 2.05) is 18.2 Å². The lowest BCUT2D eigenvalue weighted by Crippen LogP contribution is -2.37. The zero-order valence-electron chi connectivity index (χ0n) is 8.72. The third-order valence-electron chi connectivity index (χ3n) is 1.69. The Bertz CT molecular complexity index is 271. The number of ether oxygens (including phenoxy) is 2. The lowest BCUT2D eigenvalue weighted by molar-refractivity contribution is -0.165. The quantitative estimate of drug-likeness (QED) is 0.540. The van der Waals surface area contributed by atoms with Crippen LogP contribution in [-0.4, -0.2) is 35.8 Å². The number of hydrogen-bond acceptors (Lipinski definition) is 4. The standard InChI is InChI=1S/C11H16O4/c1-11(13,9-14-8-7-12)15-10-5-3-2-4-6-10/h2-6,12-13H,7-9H2,1H3. The van der Waals surface area contributed by atoms with Crippen LogP contribution in [0, 0.1) is 0 Å². The van der Waals surface area contributed by atoms with Gasteiger partial charge in [0.1, 0.15) is 12.4 Å². The highest BCUT2D eigenvalue weighted by Crippen LogP contribution is 2.15. The molecule has 2 N–H and O–H groups in total. The van der Waals surface area contributed by atoms with Gasteiger partial charge in [0, 0.05) is 6.92 Å². The summed E-state index contributed by atoms with van der Waals surface area (Å²) >= 11 is 0. The molecule has 0 saturated carbocycles. The van der Waals surface area contributed by atoms with Crippen molar-refractivity contribution in [3.05, 3.63) is 30.3 Å². The van der Waals surface area contributed by atoms with Gasteiger partial charge >= 0.3 is 0 Å². The largest absolute Gasteiger partial charge is 0.460 e. The van der Waals surface area contributed by atoms with Crippen molar-refractivity contribution >= 4 is 0 Å². The monoisotopic (exact) mass is 212 g/mol. The molecule has 0 radical (unpaired) electrons. The van der Waals surface area contributed by atoms with Crippen molar-refractivity contribution in [2.75, 3.05) is 19.8 Å². The Morgan fingerprint density at radius 2 is 1.93 bits per heavy atom. The van der Waals surface area contributed by atoms with E-state index in [9.17, 15) is 5.11 Å². The molecule has 0 fully saturated rings. The fraction of sp³-hybridized carbons (Fsp3) is 0.455. The van der Waals surface area contributed by atoms with E-state index in [1.165, 1.54) is 6.92 Å². The Balaban J connectivity index is 2.42. The first-order valence-corrected chi connectivity index (χ1v) is 4.79. The van der Waals surface area contributed by atoms with Crippen LogP contribution in [0.15, 0.2) is 30.3 Å². The molecule has 84 valence electrons. The summed E-state index contributed by atoms with van der Waals surface area (Å²) in [5.41, 5.74) is 0. The predicted octanol–water partition coefficient (Wildman–Crippen LogP) is 0.783. The number of aliphatic hydroxyl groups is 2. The van der Waals surface area contributed by atoms with E-state index in [0.29, 0.717) is 5.75 Å². The zero-order chi connectivity index (χ0) is 11.1. The van der Waals surface area contributed by atoms with Crippen LogP contribution in [0.2, 0.25) is 0 Å². The smallest absolute Gasteiger partial charge is 0.228 e. The lowest BCUT2D eigenvalue weighted by atomic mass is 10.3. The van der Waals surface area contributed by atoms with Gasteiger partial charge in [0.15, 0.2) is 0 Å². The van der Waals surface area contributed by atoms with Crippen molar-refractivity contribution in [3.63, 3.8) is 0 Å². The van der Waals surface area contributed by atoms with E-state index >= 15 is 0 Å². The molecule has 0 bridgehead atoms. The lowest BCUT2D eigenvalue weighted by Gasteiger charge is -2.24. The normalized spacial score (nSPS) is 14.6. The van der Waals surface area contributed by atoms with Crippen LogP contribution in [-0.2, 0) is 4.74 Å². The second-order valence-corrected chi connectivity index (χ2v) is 3.37. The van der Waals surface area contributed by atoms with Gasteiger partial charge in [-0.15, -0.1) is 0 Å². The minimum Gasteiger partial charge on any atom is -0.460 e. The molecule has 0 aromatic heterocycles. The van der Waals surface area contributed by atoms with Crippen LogP contribution in [0.3, 0.4) is 0 Å². The summed E-state index contributed by atoms with van der Waals surface area (Å²) in [6.07, 6.45) is 0. The number of para-hydroxylation sites is 1. The predicted molar refractivity (Wildman–Crippen MR) is 55.6 cm³/mol. The number of hydrogen-bond donors (Lipinski definition) is 2. The third kappa shape index (κ3) is 4.78. The molecule has 0 aliphatic rings. The SMILES string of the molecule is CC(O)(COCCO)Oc1ccccc1. The van der Waals surface area contributed by atoms with Gasteiger partial charge in [-0.1, -0.05) is 18.2 Å². The maximum Gasteiger partial charge on any atom is 0.228 e. The summed E-state index contributed by atoms with van der Waals surface area (Å²) in [6.45, 7) is 1.65. The van der Waals surface area contributed by atoms with Gasteiger partial charge in [0.05, 0.1) is 13.2 Å². The Morgan fingerprint density at radius 1 is 1.27 bits per heavy atom. The minimum atomic E-state index is -1.38. The molecule has 4 nitrogen and oxygen atoms in total. The summed E-state index contributed by atoms with van der Waals surface area (Å²) in [5.74, 6) is -0.800. The highest BCUT2D eigenvalue weighted by atomic mass is 16.6. The van der Waals surface area contributed by atoms with Crippen LogP contribution in [0.4, 0.5) is 0 Å². The molecule has 1 rings (SSSR count).